The molecular formula is C18H21FN2O4S2. The van der Waals surface area contributed by atoms with Crippen molar-refractivity contribution in [3.8, 4) is 0 Å². The Morgan fingerprint density at radius 2 is 2.04 bits per heavy atom. The highest BCUT2D eigenvalue weighted by Gasteiger charge is 2.38. The van der Waals surface area contributed by atoms with E-state index in [1.165, 1.54) is 29.6 Å². The molecular weight excluding hydrogens is 391 g/mol. The van der Waals surface area contributed by atoms with Crippen molar-refractivity contribution < 1.29 is 23.5 Å². The van der Waals surface area contributed by atoms with Gasteiger partial charge in [-0.05, 0) is 44.6 Å². The lowest BCUT2D eigenvalue weighted by molar-refractivity contribution is -0.125. The quantitative estimate of drug-likeness (QED) is 0.791. The van der Waals surface area contributed by atoms with E-state index in [4.69, 9.17) is 4.74 Å². The van der Waals surface area contributed by atoms with Crippen molar-refractivity contribution in [1.29, 1.82) is 0 Å². The number of hydrogen-bond acceptors (Lipinski definition) is 6. The highest BCUT2D eigenvalue weighted by molar-refractivity contribution is 8.01. The molecule has 0 aliphatic carbocycles. The first-order chi connectivity index (χ1) is 12.8. The van der Waals surface area contributed by atoms with Gasteiger partial charge >= 0.3 is 6.09 Å². The van der Waals surface area contributed by atoms with Gasteiger partial charge in [0.2, 0.25) is 11.8 Å². The summed E-state index contributed by atoms with van der Waals surface area (Å²) < 4.78 is 18.8. The zero-order valence-electron chi connectivity index (χ0n) is 15.0. The lowest BCUT2D eigenvalue weighted by Gasteiger charge is -2.21. The standard InChI is InChI=1S/C18H21FN2O4S2/c1-9(2)25-18(24)21-15(22)10-6-7-26-17(10)20-16(23)14-8-11-12(19)4-3-5-13(11)27-14/h3-5,9-10,14,17H,6-8H2,1-2H3,(H,20,23)(H,21,22,24). The molecule has 6 nitrogen and oxygen atoms in total. The Balaban J connectivity index is 1.57. The number of amides is 3. The molecule has 1 aromatic rings. The van der Waals surface area contributed by atoms with Crippen LogP contribution in [0.4, 0.5) is 9.18 Å². The Bertz CT molecular complexity index is 759. The van der Waals surface area contributed by atoms with E-state index in [2.05, 4.69) is 10.6 Å². The maximum atomic E-state index is 13.9. The third-order valence-corrected chi connectivity index (χ3v) is 6.89. The minimum absolute atomic E-state index is 0.224. The first kappa shape index (κ1) is 20.0. The fourth-order valence-corrected chi connectivity index (χ4v) is 5.59. The Hall–Kier alpha value is -1.74. The molecule has 146 valence electrons. The highest BCUT2D eigenvalue weighted by atomic mass is 32.2. The zero-order valence-corrected chi connectivity index (χ0v) is 16.6. The van der Waals surface area contributed by atoms with Gasteiger partial charge in [-0.1, -0.05) is 6.07 Å². The lowest BCUT2D eigenvalue weighted by Crippen LogP contribution is -2.46. The molecule has 1 fully saturated rings. The average molecular weight is 413 g/mol. The van der Waals surface area contributed by atoms with E-state index in [1.807, 2.05) is 0 Å². The minimum atomic E-state index is -0.783. The predicted molar refractivity (Wildman–Crippen MR) is 102 cm³/mol. The third kappa shape index (κ3) is 4.76. The molecule has 2 heterocycles. The lowest BCUT2D eigenvalue weighted by atomic mass is 10.1. The third-order valence-electron chi connectivity index (χ3n) is 4.31. The number of imide groups is 1. The van der Waals surface area contributed by atoms with Crippen molar-refractivity contribution in [2.24, 2.45) is 5.92 Å². The van der Waals surface area contributed by atoms with Crippen LogP contribution in [0.1, 0.15) is 25.8 Å². The number of carbonyl (C=O) groups excluding carboxylic acids is 3. The molecule has 3 unspecified atom stereocenters. The van der Waals surface area contributed by atoms with E-state index in [9.17, 15) is 18.8 Å². The summed E-state index contributed by atoms with van der Waals surface area (Å²) in [5.41, 5.74) is 0.562. The number of fused-ring (bicyclic) bond motifs is 1. The molecule has 2 N–H and O–H groups in total. The summed E-state index contributed by atoms with van der Waals surface area (Å²) in [4.78, 5) is 37.4. The summed E-state index contributed by atoms with van der Waals surface area (Å²) >= 11 is 2.80. The summed E-state index contributed by atoms with van der Waals surface area (Å²) in [7, 11) is 0. The van der Waals surface area contributed by atoms with E-state index in [-0.39, 0.29) is 17.8 Å². The molecule has 3 rings (SSSR count). The summed E-state index contributed by atoms with van der Waals surface area (Å²) in [6.07, 6.45) is -0.224. The maximum absolute atomic E-state index is 13.9. The SMILES string of the molecule is CC(C)OC(=O)NC(=O)C1CCSC1NC(=O)C1Cc2c(F)cccc2S1. The topological polar surface area (TPSA) is 84.5 Å². The molecule has 0 aromatic heterocycles. The van der Waals surface area contributed by atoms with E-state index in [0.29, 0.717) is 24.2 Å². The van der Waals surface area contributed by atoms with Crippen LogP contribution in [-0.4, -0.2) is 40.4 Å². The molecule has 0 saturated carbocycles. The van der Waals surface area contributed by atoms with Crippen LogP contribution >= 0.6 is 23.5 Å². The van der Waals surface area contributed by atoms with Gasteiger partial charge in [0, 0.05) is 10.5 Å². The molecule has 0 bridgehead atoms. The van der Waals surface area contributed by atoms with Crippen LogP contribution in [0.25, 0.3) is 0 Å². The summed E-state index contributed by atoms with van der Waals surface area (Å²) in [5.74, 6) is -0.785. The van der Waals surface area contributed by atoms with E-state index in [1.54, 1.807) is 26.0 Å². The van der Waals surface area contributed by atoms with Gasteiger partial charge < -0.3 is 10.1 Å². The van der Waals surface area contributed by atoms with E-state index < -0.39 is 28.5 Å². The number of alkyl carbamates (subject to hydrolysis) is 1. The Morgan fingerprint density at radius 3 is 2.74 bits per heavy atom. The number of thioether (sulfide) groups is 2. The molecule has 3 amide bonds. The maximum Gasteiger partial charge on any atom is 0.414 e. The van der Waals surface area contributed by atoms with Crippen LogP contribution in [0.15, 0.2) is 23.1 Å². The van der Waals surface area contributed by atoms with Crippen molar-refractivity contribution in [3.05, 3.63) is 29.6 Å². The largest absolute Gasteiger partial charge is 0.447 e. The molecule has 0 radical (unpaired) electrons. The first-order valence-electron chi connectivity index (χ1n) is 8.72. The number of nitrogens with one attached hydrogen (secondary N) is 2. The number of halogens is 1. The van der Waals surface area contributed by atoms with E-state index >= 15 is 0 Å². The predicted octanol–water partition coefficient (Wildman–Crippen LogP) is 2.70. The molecule has 27 heavy (non-hydrogen) atoms. The fraction of sp³-hybridized carbons (Fsp3) is 0.500. The Kier molecular flexibility index (Phi) is 6.31. The van der Waals surface area contributed by atoms with Crippen LogP contribution < -0.4 is 10.6 Å². The van der Waals surface area contributed by atoms with Gasteiger partial charge in [0.1, 0.15) is 5.82 Å². The summed E-state index contributed by atoms with van der Waals surface area (Å²) in [6.45, 7) is 3.39. The van der Waals surface area contributed by atoms with Gasteiger partial charge in [-0.3, -0.25) is 14.9 Å². The van der Waals surface area contributed by atoms with Crippen molar-refractivity contribution in [2.75, 3.05) is 5.75 Å². The van der Waals surface area contributed by atoms with Crippen LogP contribution in [-0.2, 0) is 20.7 Å². The summed E-state index contributed by atoms with van der Waals surface area (Å²) in [6, 6.07) is 4.82. The van der Waals surface area contributed by atoms with Gasteiger partial charge in [0.15, 0.2) is 0 Å². The number of hydrogen-bond donors (Lipinski definition) is 2. The number of rotatable bonds is 4. The molecule has 2 aliphatic heterocycles. The second-order valence-electron chi connectivity index (χ2n) is 6.67. The highest BCUT2D eigenvalue weighted by Crippen LogP contribution is 2.39. The van der Waals surface area contributed by atoms with Crippen molar-refractivity contribution in [3.63, 3.8) is 0 Å². The zero-order chi connectivity index (χ0) is 19.6. The molecule has 2 aliphatic rings. The van der Waals surface area contributed by atoms with Gasteiger partial charge in [-0.2, -0.15) is 0 Å². The van der Waals surface area contributed by atoms with Crippen molar-refractivity contribution in [2.45, 2.75) is 48.3 Å². The molecule has 1 saturated heterocycles. The molecule has 0 spiro atoms. The fourth-order valence-electron chi connectivity index (χ4n) is 3.04. The number of carbonyl (C=O) groups is 3. The van der Waals surface area contributed by atoms with Crippen LogP contribution in [0, 0.1) is 11.7 Å². The van der Waals surface area contributed by atoms with Gasteiger partial charge in [0.25, 0.3) is 0 Å². The van der Waals surface area contributed by atoms with Crippen molar-refractivity contribution in [1.82, 2.24) is 10.6 Å². The molecule has 3 atom stereocenters. The molecule has 9 heteroatoms. The summed E-state index contributed by atoms with van der Waals surface area (Å²) in [5, 5.41) is 4.27. The average Bonchev–Trinajstić information content (AvgIpc) is 3.21. The normalized spacial score (nSPS) is 23.8. The van der Waals surface area contributed by atoms with Crippen LogP contribution in [0.3, 0.4) is 0 Å². The van der Waals surface area contributed by atoms with Gasteiger partial charge in [0.05, 0.1) is 22.6 Å². The van der Waals surface area contributed by atoms with Crippen molar-refractivity contribution >= 4 is 41.4 Å². The number of ether oxygens (including phenoxy) is 1. The smallest absolute Gasteiger partial charge is 0.414 e. The molecule has 1 aromatic carbocycles. The number of benzene rings is 1. The Labute approximate surface area is 165 Å². The van der Waals surface area contributed by atoms with Gasteiger partial charge in [-0.25, -0.2) is 9.18 Å². The minimum Gasteiger partial charge on any atom is -0.447 e. The van der Waals surface area contributed by atoms with E-state index in [0.717, 1.165) is 4.90 Å². The van der Waals surface area contributed by atoms with Crippen LogP contribution in [0.2, 0.25) is 0 Å². The monoisotopic (exact) mass is 412 g/mol. The van der Waals surface area contributed by atoms with Crippen LogP contribution in [0.5, 0.6) is 0 Å². The second kappa shape index (κ2) is 8.52. The second-order valence-corrected chi connectivity index (χ2v) is 9.16. The van der Waals surface area contributed by atoms with Gasteiger partial charge in [-0.15, -0.1) is 23.5 Å². The Morgan fingerprint density at radius 1 is 1.26 bits per heavy atom. The first-order valence-corrected chi connectivity index (χ1v) is 10.7.